The number of hydrogen-bond acceptors (Lipinski definition) is 2. The third kappa shape index (κ3) is 3.97. The maximum absolute atomic E-state index is 12.9. The Hall–Kier alpha value is -0.620. The number of halogens is 1. The van der Waals surface area contributed by atoms with Gasteiger partial charge in [-0.25, -0.2) is 0 Å². The number of nitrogens with zero attached hydrogens (tertiary/aromatic N) is 2. The van der Waals surface area contributed by atoms with E-state index in [9.17, 15) is 8.42 Å². The molecule has 6 heteroatoms. The van der Waals surface area contributed by atoms with Gasteiger partial charge in [0, 0.05) is 31.6 Å². The minimum atomic E-state index is -3.45. The largest absolute Gasteiger partial charge is 0.282 e. The highest BCUT2D eigenvalue weighted by atomic mass is 35.5. The molecule has 0 aliphatic carbocycles. The van der Waals surface area contributed by atoms with Crippen LogP contribution in [0.25, 0.3) is 0 Å². The van der Waals surface area contributed by atoms with Crippen LogP contribution in [0.15, 0.2) is 30.3 Å². The first-order valence-electron chi connectivity index (χ1n) is 7.46. The Bertz CT molecular complexity index is 536. The second kappa shape index (κ2) is 7.58. The van der Waals surface area contributed by atoms with Crippen LogP contribution in [0.5, 0.6) is 0 Å². The van der Waals surface area contributed by atoms with E-state index in [4.69, 9.17) is 11.6 Å². The van der Waals surface area contributed by atoms with Crippen molar-refractivity contribution in [3.8, 4) is 0 Å². The van der Waals surface area contributed by atoms with Gasteiger partial charge < -0.3 is 0 Å². The third-order valence-electron chi connectivity index (χ3n) is 3.93. The molecule has 1 aromatic rings. The standard InChI is InChI=1S/C15H23ClN2O2S/c1-2-17(13-14-8-4-3-5-9-14)21(19,20)18-11-7-6-10-15(18)12-16/h3-5,8-9,15H,2,6-7,10-13H2,1H3. The quantitative estimate of drug-likeness (QED) is 0.752. The van der Waals surface area contributed by atoms with Gasteiger partial charge in [-0.2, -0.15) is 17.0 Å². The van der Waals surface area contributed by atoms with E-state index in [1.54, 1.807) is 4.31 Å². The summed E-state index contributed by atoms with van der Waals surface area (Å²) >= 11 is 5.96. The SMILES string of the molecule is CCN(Cc1ccccc1)S(=O)(=O)N1CCCCC1CCl. The summed E-state index contributed by atoms with van der Waals surface area (Å²) in [7, 11) is -3.45. The molecule has 1 aliphatic rings. The molecule has 1 heterocycles. The van der Waals surface area contributed by atoms with Gasteiger partial charge in [-0.05, 0) is 18.4 Å². The molecule has 1 fully saturated rings. The summed E-state index contributed by atoms with van der Waals surface area (Å²) in [6.07, 6.45) is 2.81. The smallest absolute Gasteiger partial charge is 0.195 e. The van der Waals surface area contributed by atoms with Crippen LogP contribution in [0, 0.1) is 0 Å². The Labute approximate surface area is 132 Å². The summed E-state index contributed by atoms with van der Waals surface area (Å²) in [6.45, 7) is 3.32. The Balaban J connectivity index is 2.18. The van der Waals surface area contributed by atoms with Crippen molar-refractivity contribution < 1.29 is 8.42 Å². The van der Waals surface area contributed by atoms with Crippen LogP contribution in [0.1, 0.15) is 31.7 Å². The Morgan fingerprint density at radius 3 is 2.62 bits per heavy atom. The van der Waals surface area contributed by atoms with Gasteiger partial charge in [0.05, 0.1) is 0 Å². The zero-order chi connectivity index (χ0) is 15.3. The van der Waals surface area contributed by atoms with Gasteiger partial charge in [0.25, 0.3) is 10.2 Å². The van der Waals surface area contributed by atoms with Crippen LogP contribution < -0.4 is 0 Å². The zero-order valence-electron chi connectivity index (χ0n) is 12.4. The molecule has 118 valence electrons. The van der Waals surface area contributed by atoms with E-state index in [-0.39, 0.29) is 6.04 Å². The second-order valence-electron chi connectivity index (χ2n) is 5.33. The summed E-state index contributed by atoms with van der Waals surface area (Å²) in [4.78, 5) is 0. The predicted octanol–water partition coefficient (Wildman–Crippen LogP) is 2.85. The van der Waals surface area contributed by atoms with Crippen molar-refractivity contribution in [3.05, 3.63) is 35.9 Å². The van der Waals surface area contributed by atoms with Gasteiger partial charge in [-0.3, -0.25) is 0 Å². The minimum absolute atomic E-state index is 0.0739. The van der Waals surface area contributed by atoms with E-state index in [0.717, 1.165) is 24.8 Å². The monoisotopic (exact) mass is 330 g/mol. The Kier molecular flexibility index (Phi) is 6.05. The maximum atomic E-state index is 12.9. The molecule has 0 amide bonds. The summed E-state index contributed by atoms with van der Waals surface area (Å²) < 4.78 is 28.9. The maximum Gasteiger partial charge on any atom is 0.282 e. The van der Waals surface area contributed by atoms with Crippen molar-refractivity contribution in [2.24, 2.45) is 0 Å². The predicted molar refractivity (Wildman–Crippen MR) is 86.5 cm³/mol. The van der Waals surface area contributed by atoms with Gasteiger partial charge in [0.15, 0.2) is 0 Å². The van der Waals surface area contributed by atoms with E-state index in [2.05, 4.69) is 0 Å². The van der Waals surface area contributed by atoms with Crippen LogP contribution in [0.2, 0.25) is 0 Å². The highest BCUT2D eigenvalue weighted by Gasteiger charge is 2.35. The lowest BCUT2D eigenvalue weighted by Gasteiger charge is -2.37. The molecule has 1 unspecified atom stereocenters. The van der Waals surface area contributed by atoms with Crippen LogP contribution in [-0.2, 0) is 16.8 Å². The lowest BCUT2D eigenvalue weighted by Crippen LogP contribution is -2.51. The van der Waals surface area contributed by atoms with Crippen molar-refractivity contribution in [1.82, 2.24) is 8.61 Å². The normalized spacial score (nSPS) is 20.8. The van der Waals surface area contributed by atoms with E-state index in [1.165, 1.54) is 4.31 Å². The average molecular weight is 331 g/mol. The lowest BCUT2D eigenvalue weighted by atomic mass is 10.1. The van der Waals surface area contributed by atoms with E-state index in [1.807, 2.05) is 37.3 Å². The van der Waals surface area contributed by atoms with E-state index >= 15 is 0 Å². The van der Waals surface area contributed by atoms with Gasteiger partial charge in [-0.1, -0.05) is 43.7 Å². The highest BCUT2D eigenvalue weighted by Crippen LogP contribution is 2.24. The number of hydrogen-bond donors (Lipinski definition) is 0. The molecule has 0 aromatic heterocycles. The lowest BCUT2D eigenvalue weighted by molar-refractivity contribution is 0.246. The molecule has 0 radical (unpaired) electrons. The van der Waals surface area contributed by atoms with Gasteiger partial charge in [-0.15, -0.1) is 11.6 Å². The molecule has 1 aromatic carbocycles. The number of alkyl halides is 1. The molecule has 1 atom stereocenters. The van der Waals surface area contributed by atoms with Crippen LogP contribution in [0.3, 0.4) is 0 Å². The Morgan fingerprint density at radius 2 is 2.00 bits per heavy atom. The molecule has 0 bridgehead atoms. The molecule has 4 nitrogen and oxygen atoms in total. The topological polar surface area (TPSA) is 40.6 Å². The molecule has 2 rings (SSSR count). The molecular weight excluding hydrogens is 308 g/mol. The van der Waals surface area contributed by atoms with Gasteiger partial charge in [0.1, 0.15) is 0 Å². The van der Waals surface area contributed by atoms with Crippen LogP contribution in [0.4, 0.5) is 0 Å². The van der Waals surface area contributed by atoms with E-state index < -0.39 is 10.2 Å². The second-order valence-corrected chi connectivity index (χ2v) is 7.52. The number of piperidine rings is 1. The van der Waals surface area contributed by atoms with Crippen molar-refractivity contribution in [2.75, 3.05) is 19.0 Å². The van der Waals surface area contributed by atoms with Crippen molar-refractivity contribution >= 4 is 21.8 Å². The first-order valence-corrected chi connectivity index (χ1v) is 9.39. The molecule has 1 aliphatic heterocycles. The molecule has 21 heavy (non-hydrogen) atoms. The summed E-state index contributed by atoms with van der Waals surface area (Å²) in [5.74, 6) is 0.363. The first kappa shape index (κ1) is 16.7. The molecule has 0 N–H and O–H groups in total. The Morgan fingerprint density at radius 1 is 1.29 bits per heavy atom. The fourth-order valence-corrected chi connectivity index (χ4v) is 4.98. The fraction of sp³-hybridized carbons (Fsp3) is 0.600. The first-order chi connectivity index (χ1) is 10.1. The average Bonchev–Trinajstić information content (AvgIpc) is 2.53. The van der Waals surface area contributed by atoms with E-state index in [0.29, 0.717) is 25.5 Å². The highest BCUT2D eigenvalue weighted by molar-refractivity contribution is 7.86. The van der Waals surface area contributed by atoms with Gasteiger partial charge >= 0.3 is 0 Å². The van der Waals surface area contributed by atoms with Crippen molar-refractivity contribution in [1.29, 1.82) is 0 Å². The number of rotatable bonds is 6. The molecular formula is C15H23ClN2O2S. The summed E-state index contributed by atoms with van der Waals surface area (Å²) in [5, 5.41) is 0. The summed E-state index contributed by atoms with van der Waals surface area (Å²) in [6, 6.07) is 9.62. The van der Waals surface area contributed by atoms with Crippen molar-refractivity contribution in [2.45, 2.75) is 38.8 Å². The molecule has 0 spiro atoms. The van der Waals surface area contributed by atoms with Crippen LogP contribution in [-0.4, -0.2) is 42.0 Å². The summed E-state index contributed by atoms with van der Waals surface area (Å²) in [5.41, 5.74) is 1.00. The fourth-order valence-electron chi connectivity index (χ4n) is 2.72. The molecule has 0 saturated carbocycles. The van der Waals surface area contributed by atoms with Crippen molar-refractivity contribution in [3.63, 3.8) is 0 Å². The zero-order valence-corrected chi connectivity index (χ0v) is 14.0. The van der Waals surface area contributed by atoms with Crippen LogP contribution >= 0.6 is 11.6 Å². The molecule has 1 saturated heterocycles. The number of benzene rings is 1. The van der Waals surface area contributed by atoms with Gasteiger partial charge in [0.2, 0.25) is 0 Å². The third-order valence-corrected chi connectivity index (χ3v) is 6.40. The minimum Gasteiger partial charge on any atom is -0.195 e.